The molecule has 2 heterocycles. The first-order valence-electron chi connectivity index (χ1n) is 11.0. The Morgan fingerprint density at radius 1 is 0.806 bits per heavy atom. The van der Waals surface area contributed by atoms with E-state index in [4.69, 9.17) is 4.74 Å². The van der Waals surface area contributed by atoms with Crippen LogP contribution in [0, 0.1) is 0 Å². The number of thioether (sulfide) groups is 2. The van der Waals surface area contributed by atoms with Gasteiger partial charge in [0.2, 0.25) is 0 Å². The quantitative estimate of drug-likeness (QED) is 0.407. The van der Waals surface area contributed by atoms with Crippen molar-refractivity contribution >= 4 is 40.5 Å². The minimum atomic E-state index is 0.350. The third-order valence-electron chi connectivity index (χ3n) is 5.67. The fourth-order valence-electron chi connectivity index (χ4n) is 4.22. The maximum atomic E-state index is 6.02. The van der Waals surface area contributed by atoms with E-state index in [1.54, 1.807) is 0 Å². The molecule has 3 aromatic rings. The number of ether oxygens (including phenoxy) is 1. The van der Waals surface area contributed by atoms with E-state index in [-0.39, 0.29) is 0 Å². The molecule has 1 fully saturated rings. The summed E-state index contributed by atoms with van der Waals surface area (Å²) < 4.78 is 7.44. The first-order chi connectivity index (χ1) is 15.3. The van der Waals surface area contributed by atoms with Crippen molar-refractivity contribution in [1.82, 2.24) is 0 Å². The molecule has 2 aliphatic rings. The fourth-order valence-corrected chi connectivity index (χ4v) is 6.95. The Morgan fingerprint density at radius 2 is 1.39 bits per heavy atom. The number of rotatable bonds is 5. The van der Waals surface area contributed by atoms with E-state index < -0.39 is 0 Å². The Hall–Kier alpha value is -2.14. The van der Waals surface area contributed by atoms with Crippen LogP contribution in [0.3, 0.4) is 0 Å². The molecule has 0 unspecified atom stereocenters. The summed E-state index contributed by atoms with van der Waals surface area (Å²) in [6.45, 7) is 3.90. The van der Waals surface area contributed by atoms with Crippen molar-refractivity contribution in [1.29, 1.82) is 0 Å². The van der Waals surface area contributed by atoms with Crippen LogP contribution in [0.1, 0.15) is 30.0 Å². The maximum absolute atomic E-state index is 6.02. The predicted octanol–water partition coefficient (Wildman–Crippen LogP) is 7.33. The lowest BCUT2D eigenvalue weighted by Crippen LogP contribution is -2.25. The largest absolute Gasteiger partial charge is 0.376 e. The molecule has 1 saturated heterocycles. The summed E-state index contributed by atoms with van der Waals surface area (Å²) in [6, 6.07) is 28.5. The molecular formula is C27H27NOS2. The van der Waals surface area contributed by atoms with Crippen LogP contribution in [0.15, 0.2) is 83.1 Å². The second-order valence-corrected chi connectivity index (χ2v) is 10.2. The topological polar surface area (TPSA) is 12.5 Å². The molecule has 0 bridgehead atoms. The Kier molecular flexibility index (Phi) is 6.40. The standard InChI is InChI=1S/C27H27NOS2/c1-2-16-29-21-18-30-27(31-19-21)26-22-12-6-8-14-24(22)28(17-20-10-4-3-5-11-20)25-15-9-7-13-23(25)26/h3-15,21H,2,16-19H2,1H3. The molecule has 5 rings (SSSR count). The lowest BCUT2D eigenvalue weighted by atomic mass is 9.91. The molecule has 0 saturated carbocycles. The number of hydrogen-bond acceptors (Lipinski definition) is 4. The van der Waals surface area contributed by atoms with Gasteiger partial charge in [-0.25, -0.2) is 0 Å². The number of para-hydroxylation sites is 2. The Bertz CT molecular complexity index is 1020. The minimum absolute atomic E-state index is 0.350. The summed E-state index contributed by atoms with van der Waals surface area (Å²) in [5, 5.41) is 0. The van der Waals surface area contributed by atoms with E-state index in [1.165, 1.54) is 37.9 Å². The molecule has 0 radical (unpaired) electrons. The van der Waals surface area contributed by atoms with E-state index >= 15 is 0 Å². The Morgan fingerprint density at radius 3 is 2.00 bits per heavy atom. The van der Waals surface area contributed by atoms with Gasteiger partial charge in [-0.1, -0.05) is 73.7 Å². The van der Waals surface area contributed by atoms with Crippen LogP contribution in [-0.4, -0.2) is 24.2 Å². The van der Waals surface area contributed by atoms with Gasteiger partial charge in [-0.3, -0.25) is 0 Å². The zero-order valence-electron chi connectivity index (χ0n) is 17.8. The average molecular weight is 446 g/mol. The van der Waals surface area contributed by atoms with Gasteiger partial charge in [0.25, 0.3) is 0 Å². The first kappa shape index (κ1) is 20.7. The van der Waals surface area contributed by atoms with Gasteiger partial charge in [0, 0.05) is 57.0 Å². The highest BCUT2D eigenvalue weighted by Crippen LogP contribution is 2.51. The molecule has 0 atom stereocenters. The minimum Gasteiger partial charge on any atom is -0.376 e. The second kappa shape index (κ2) is 9.56. The van der Waals surface area contributed by atoms with E-state index in [9.17, 15) is 0 Å². The third kappa shape index (κ3) is 4.30. The van der Waals surface area contributed by atoms with E-state index in [1.807, 2.05) is 23.5 Å². The number of hydrogen-bond donors (Lipinski definition) is 0. The second-order valence-electron chi connectivity index (χ2n) is 7.88. The highest BCUT2D eigenvalue weighted by atomic mass is 32.2. The van der Waals surface area contributed by atoms with Gasteiger partial charge in [-0.15, -0.1) is 23.5 Å². The van der Waals surface area contributed by atoms with E-state index in [0.717, 1.165) is 31.1 Å². The van der Waals surface area contributed by atoms with Gasteiger partial charge in [0.05, 0.1) is 6.10 Å². The number of fused-ring (bicyclic) bond motifs is 2. The van der Waals surface area contributed by atoms with Crippen LogP contribution in [0.2, 0.25) is 0 Å². The van der Waals surface area contributed by atoms with Crippen LogP contribution in [-0.2, 0) is 11.3 Å². The van der Waals surface area contributed by atoms with Crippen LogP contribution in [0.5, 0.6) is 0 Å². The summed E-state index contributed by atoms with van der Waals surface area (Å²) in [5.74, 6) is 2.06. The number of anilines is 2. The monoisotopic (exact) mass is 445 g/mol. The molecule has 3 aromatic carbocycles. The molecule has 0 N–H and O–H groups in total. The Labute approximate surface area is 193 Å². The summed E-state index contributed by atoms with van der Waals surface area (Å²) in [4.78, 5) is 2.47. The molecule has 0 aromatic heterocycles. The van der Waals surface area contributed by atoms with Crippen LogP contribution >= 0.6 is 23.5 Å². The predicted molar refractivity (Wildman–Crippen MR) is 136 cm³/mol. The van der Waals surface area contributed by atoms with Crippen molar-refractivity contribution in [2.75, 3.05) is 23.0 Å². The van der Waals surface area contributed by atoms with Gasteiger partial charge >= 0.3 is 0 Å². The molecule has 0 amide bonds. The van der Waals surface area contributed by atoms with Crippen LogP contribution in [0.4, 0.5) is 11.4 Å². The molecule has 0 aliphatic carbocycles. The molecular weight excluding hydrogens is 418 g/mol. The van der Waals surface area contributed by atoms with Crippen molar-refractivity contribution < 1.29 is 4.74 Å². The molecule has 2 nitrogen and oxygen atoms in total. The van der Waals surface area contributed by atoms with Gasteiger partial charge in [0.15, 0.2) is 0 Å². The Balaban J connectivity index is 1.55. The van der Waals surface area contributed by atoms with Gasteiger partial charge in [-0.05, 0) is 24.1 Å². The highest BCUT2D eigenvalue weighted by Gasteiger charge is 2.30. The lowest BCUT2D eigenvalue weighted by molar-refractivity contribution is 0.0855. The molecule has 4 heteroatoms. The summed E-state index contributed by atoms with van der Waals surface area (Å²) >= 11 is 3.92. The van der Waals surface area contributed by atoms with E-state index in [0.29, 0.717) is 6.10 Å². The summed E-state index contributed by atoms with van der Waals surface area (Å²) in [6.07, 6.45) is 1.43. The third-order valence-corrected chi connectivity index (χ3v) is 8.39. The smallest absolute Gasteiger partial charge is 0.0763 e. The first-order valence-corrected chi connectivity index (χ1v) is 12.9. The van der Waals surface area contributed by atoms with Crippen molar-refractivity contribution in [3.8, 4) is 0 Å². The SMILES string of the molecule is CCCOC1CSC(=C2c3ccccc3N(Cc3ccccc3)c3ccccc32)SC1. The number of nitrogens with zero attached hydrogens (tertiary/aromatic N) is 1. The van der Waals surface area contributed by atoms with Crippen molar-refractivity contribution in [2.45, 2.75) is 26.0 Å². The molecule has 2 aliphatic heterocycles. The lowest BCUT2D eigenvalue weighted by Gasteiger charge is -2.36. The molecule has 0 spiro atoms. The van der Waals surface area contributed by atoms with Gasteiger partial charge in [-0.2, -0.15) is 0 Å². The summed E-state index contributed by atoms with van der Waals surface area (Å²) in [5.41, 5.74) is 7.95. The van der Waals surface area contributed by atoms with Crippen LogP contribution < -0.4 is 4.90 Å². The van der Waals surface area contributed by atoms with Gasteiger partial charge < -0.3 is 9.64 Å². The number of benzene rings is 3. The molecule has 31 heavy (non-hydrogen) atoms. The zero-order chi connectivity index (χ0) is 21.0. The van der Waals surface area contributed by atoms with Crippen molar-refractivity contribution in [3.63, 3.8) is 0 Å². The average Bonchev–Trinajstić information content (AvgIpc) is 2.84. The molecule has 158 valence electrons. The van der Waals surface area contributed by atoms with Crippen LogP contribution in [0.25, 0.3) is 5.57 Å². The maximum Gasteiger partial charge on any atom is 0.0763 e. The van der Waals surface area contributed by atoms with Crippen molar-refractivity contribution in [3.05, 3.63) is 99.8 Å². The van der Waals surface area contributed by atoms with E-state index in [2.05, 4.69) is 90.7 Å². The normalized spacial score (nSPS) is 18.0. The summed E-state index contributed by atoms with van der Waals surface area (Å²) in [7, 11) is 0. The van der Waals surface area contributed by atoms with Crippen molar-refractivity contribution in [2.24, 2.45) is 0 Å². The zero-order valence-corrected chi connectivity index (χ0v) is 19.4. The van der Waals surface area contributed by atoms with Gasteiger partial charge in [0.1, 0.15) is 0 Å². The highest BCUT2D eigenvalue weighted by molar-refractivity contribution is 8.23. The fraction of sp³-hybridized carbons (Fsp3) is 0.259.